The van der Waals surface area contributed by atoms with Crippen LogP contribution >= 0.6 is 0 Å². The van der Waals surface area contributed by atoms with Crippen molar-refractivity contribution in [1.29, 1.82) is 0 Å². The first-order valence-corrected chi connectivity index (χ1v) is 6.63. The zero-order valence-electron chi connectivity index (χ0n) is 10.3. The van der Waals surface area contributed by atoms with Crippen LogP contribution in [0.2, 0.25) is 0 Å². The third kappa shape index (κ3) is 1.50. The summed E-state index contributed by atoms with van der Waals surface area (Å²) in [6, 6.07) is 10.5. The molecule has 1 aromatic carbocycles. The molecule has 3 fully saturated rings. The molecular weight excluding hydrogens is 227 g/mol. The summed E-state index contributed by atoms with van der Waals surface area (Å²) in [6.45, 7) is 1.80. The van der Waals surface area contributed by atoms with Gasteiger partial charge in [-0.1, -0.05) is 18.2 Å². The van der Waals surface area contributed by atoms with Crippen molar-refractivity contribution in [3.8, 4) is 0 Å². The van der Waals surface area contributed by atoms with E-state index in [0.29, 0.717) is 5.41 Å². The van der Waals surface area contributed by atoms with E-state index < -0.39 is 5.67 Å². The van der Waals surface area contributed by atoms with E-state index in [9.17, 15) is 4.39 Å². The van der Waals surface area contributed by atoms with E-state index in [2.05, 4.69) is 34.6 Å². The predicted octanol–water partition coefficient (Wildman–Crippen LogP) is 3.15. The van der Waals surface area contributed by atoms with Crippen molar-refractivity contribution in [2.45, 2.75) is 31.5 Å². The maximum absolute atomic E-state index is 13.4. The SMILES string of the molecule is FC12CC(CNCc3cc4ccccc4[nH]3)(C1)C2. The quantitative estimate of drug-likeness (QED) is 0.849. The van der Waals surface area contributed by atoms with Gasteiger partial charge < -0.3 is 10.3 Å². The summed E-state index contributed by atoms with van der Waals surface area (Å²) in [7, 11) is 0. The van der Waals surface area contributed by atoms with E-state index in [1.807, 2.05) is 6.07 Å². The van der Waals surface area contributed by atoms with Crippen molar-refractivity contribution in [2.75, 3.05) is 6.54 Å². The third-order valence-electron chi connectivity index (χ3n) is 4.48. The molecule has 2 N–H and O–H groups in total. The van der Waals surface area contributed by atoms with Gasteiger partial charge in [-0.2, -0.15) is 0 Å². The molecule has 3 saturated carbocycles. The highest BCUT2D eigenvalue weighted by molar-refractivity contribution is 5.80. The van der Waals surface area contributed by atoms with Gasteiger partial charge in [0.25, 0.3) is 0 Å². The zero-order chi connectivity index (χ0) is 12.2. The van der Waals surface area contributed by atoms with Crippen molar-refractivity contribution < 1.29 is 4.39 Å². The Morgan fingerprint density at radius 3 is 2.72 bits per heavy atom. The summed E-state index contributed by atoms with van der Waals surface area (Å²) in [6.07, 6.45) is 2.33. The second-order valence-corrected chi connectivity index (χ2v) is 6.17. The fourth-order valence-corrected chi connectivity index (χ4v) is 3.74. The standard InChI is InChI=1S/C15H17FN2/c16-15-7-14(8-15,9-15)10-17-6-12-5-11-3-1-2-4-13(11)18-12/h1-5,17-18H,6-10H2. The van der Waals surface area contributed by atoms with Gasteiger partial charge in [0, 0.05) is 24.3 Å². The number of benzene rings is 1. The Morgan fingerprint density at radius 2 is 2.00 bits per heavy atom. The lowest BCUT2D eigenvalue weighted by atomic mass is 9.42. The summed E-state index contributed by atoms with van der Waals surface area (Å²) in [4.78, 5) is 3.40. The Hall–Kier alpha value is -1.35. The second-order valence-electron chi connectivity index (χ2n) is 6.17. The summed E-state index contributed by atoms with van der Waals surface area (Å²) in [5.74, 6) is 0. The number of nitrogens with one attached hydrogen (secondary N) is 2. The number of H-pyrrole nitrogens is 1. The maximum Gasteiger partial charge on any atom is 0.112 e. The molecule has 2 aromatic rings. The number of para-hydroxylation sites is 1. The number of rotatable bonds is 4. The predicted molar refractivity (Wildman–Crippen MR) is 70.1 cm³/mol. The Labute approximate surface area is 106 Å². The van der Waals surface area contributed by atoms with Gasteiger partial charge in [0.15, 0.2) is 0 Å². The molecule has 1 heterocycles. The molecule has 0 unspecified atom stereocenters. The minimum Gasteiger partial charge on any atom is -0.357 e. The van der Waals surface area contributed by atoms with Crippen LogP contribution in [0.15, 0.2) is 30.3 Å². The average Bonchev–Trinajstić information content (AvgIpc) is 2.67. The summed E-state index contributed by atoms with van der Waals surface area (Å²) >= 11 is 0. The molecule has 1 aromatic heterocycles. The molecule has 0 amide bonds. The van der Waals surface area contributed by atoms with E-state index in [0.717, 1.165) is 32.4 Å². The van der Waals surface area contributed by atoms with Crippen molar-refractivity contribution in [1.82, 2.24) is 10.3 Å². The van der Waals surface area contributed by atoms with E-state index in [-0.39, 0.29) is 0 Å². The van der Waals surface area contributed by atoms with Crippen molar-refractivity contribution in [3.05, 3.63) is 36.0 Å². The van der Waals surface area contributed by atoms with E-state index in [4.69, 9.17) is 0 Å². The van der Waals surface area contributed by atoms with E-state index in [1.165, 1.54) is 16.6 Å². The Morgan fingerprint density at radius 1 is 1.22 bits per heavy atom. The number of aromatic amines is 1. The smallest absolute Gasteiger partial charge is 0.112 e. The average molecular weight is 244 g/mol. The lowest BCUT2D eigenvalue weighted by Crippen LogP contribution is -2.67. The molecule has 94 valence electrons. The molecule has 5 rings (SSSR count). The number of halogens is 1. The van der Waals surface area contributed by atoms with E-state index in [1.54, 1.807) is 0 Å². The first kappa shape index (κ1) is 10.6. The van der Waals surface area contributed by atoms with Crippen molar-refractivity contribution in [3.63, 3.8) is 0 Å². The molecular formula is C15H17FN2. The van der Waals surface area contributed by atoms with Gasteiger partial charge in [-0.05, 0) is 42.2 Å². The van der Waals surface area contributed by atoms with Crippen molar-refractivity contribution in [2.24, 2.45) is 5.41 Å². The highest BCUT2D eigenvalue weighted by atomic mass is 19.1. The monoisotopic (exact) mass is 244 g/mol. The molecule has 2 nitrogen and oxygen atoms in total. The molecule has 0 saturated heterocycles. The van der Waals surface area contributed by atoms with Crippen LogP contribution in [-0.2, 0) is 6.54 Å². The van der Waals surface area contributed by atoms with Crippen molar-refractivity contribution >= 4 is 10.9 Å². The van der Waals surface area contributed by atoms with Crippen LogP contribution < -0.4 is 5.32 Å². The first-order valence-electron chi connectivity index (χ1n) is 6.63. The molecule has 0 spiro atoms. The molecule has 3 aliphatic rings. The Balaban J connectivity index is 1.37. The van der Waals surface area contributed by atoms with Crippen LogP contribution in [0.5, 0.6) is 0 Å². The van der Waals surface area contributed by atoms with Gasteiger partial charge in [-0.25, -0.2) is 4.39 Å². The minimum absolute atomic E-state index is 0.292. The number of hydrogen-bond donors (Lipinski definition) is 2. The molecule has 3 heteroatoms. The lowest BCUT2D eigenvalue weighted by molar-refractivity contribution is -0.209. The van der Waals surface area contributed by atoms with Gasteiger partial charge in [-0.15, -0.1) is 0 Å². The van der Waals surface area contributed by atoms with Gasteiger partial charge in [0.05, 0.1) is 0 Å². The molecule has 0 radical (unpaired) electrons. The molecule has 2 bridgehead atoms. The summed E-state index contributed by atoms with van der Waals surface area (Å²) in [5, 5.41) is 4.71. The van der Waals surface area contributed by atoms with Crippen LogP contribution in [0.4, 0.5) is 4.39 Å². The van der Waals surface area contributed by atoms with Gasteiger partial charge in [0.1, 0.15) is 5.67 Å². The molecule has 18 heavy (non-hydrogen) atoms. The van der Waals surface area contributed by atoms with Crippen LogP contribution in [0.1, 0.15) is 25.0 Å². The fourth-order valence-electron chi connectivity index (χ4n) is 3.74. The number of fused-ring (bicyclic) bond motifs is 1. The Kier molecular flexibility index (Phi) is 1.97. The topological polar surface area (TPSA) is 27.8 Å². The molecule has 0 aliphatic heterocycles. The maximum atomic E-state index is 13.4. The summed E-state index contributed by atoms with van der Waals surface area (Å²) < 4.78 is 13.4. The Bertz CT molecular complexity index is 549. The molecule has 0 atom stereocenters. The van der Waals surface area contributed by atoms with Crippen LogP contribution in [0, 0.1) is 5.41 Å². The van der Waals surface area contributed by atoms with Gasteiger partial charge in [0.2, 0.25) is 0 Å². The number of hydrogen-bond acceptors (Lipinski definition) is 1. The summed E-state index contributed by atoms with van der Waals surface area (Å²) in [5.41, 5.74) is 1.91. The number of aromatic nitrogens is 1. The lowest BCUT2D eigenvalue weighted by Gasteiger charge is -2.66. The molecule has 3 aliphatic carbocycles. The minimum atomic E-state index is -0.775. The largest absolute Gasteiger partial charge is 0.357 e. The van der Waals surface area contributed by atoms with Gasteiger partial charge >= 0.3 is 0 Å². The van der Waals surface area contributed by atoms with Crippen LogP contribution in [0.3, 0.4) is 0 Å². The zero-order valence-corrected chi connectivity index (χ0v) is 10.3. The highest BCUT2D eigenvalue weighted by Crippen LogP contribution is 2.69. The number of alkyl halides is 1. The first-order chi connectivity index (χ1) is 8.67. The third-order valence-corrected chi connectivity index (χ3v) is 4.48. The fraction of sp³-hybridized carbons (Fsp3) is 0.467. The highest BCUT2D eigenvalue weighted by Gasteiger charge is 2.68. The second kappa shape index (κ2) is 3.35. The van der Waals surface area contributed by atoms with E-state index >= 15 is 0 Å². The van der Waals surface area contributed by atoms with Crippen LogP contribution in [-0.4, -0.2) is 17.2 Å². The van der Waals surface area contributed by atoms with Crippen LogP contribution in [0.25, 0.3) is 10.9 Å². The normalized spacial score (nSPS) is 33.2. The van der Waals surface area contributed by atoms with Gasteiger partial charge in [-0.3, -0.25) is 0 Å².